The Balaban J connectivity index is 2.08. The predicted octanol–water partition coefficient (Wildman–Crippen LogP) is 5.25. The SMILES string of the molecule is Cc1onc(-c2ccccc2Cl)c1C(=O)Nc1c(F)c(F)c(F)c(F)c1F. The Morgan fingerprint density at radius 2 is 1.56 bits per heavy atom. The third-order valence-corrected chi connectivity index (χ3v) is 4.00. The van der Waals surface area contributed by atoms with Gasteiger partial charge in [0.05, 0.1) is 5.02 Å². The maximum Gasteiger partial charge on any atom is 0.261 e. The first-order chi connectivity index (χ1) is 12.7. The van der Waals surface area contributed by atoms with Gasteiger partial charge in [-0.25, -0.2) is 22.0 Å². The molecule has 10 heteroatoms. The van der Waals surface area contributed by atoms with E-state index in [9.17, 15) is 26.7 Å². The largest absolute Gasteiger partial charge is 0.360 e. The Morgan fingerprint density at radius 1 is 1.00 bits per heavy atom. The first-order valence-corrected chi connectivity index (χ1v) is 7.65. The van der Waals surface area contributed by atoms with Gasteiger partial charge >= 0.3 is 0 Å². The van der Waals surface area contributed by atoms with Gasteiger partial charge < -0.3 is 9.84 Å². The van der Waals surface area contributed by atoms with Gasteiger partial charge in [-0.15, -0.1) is 0 Å². The second-order valence-corrected chi connectivity index (χ2v) is 5.75. The van der Waals surface area contributed by atoms with Gasteiger partial charge in [-0.1, -0.05) is 35.0 Å². The van der Waals surface area contributed by atoms with Crippen molar-refractivity contribution in [1.29, 1.82) is 0 Å². The van der Waals surface area contributed by atoms with Crippen LogP contribution in [0, 0.1) is 36.0 Å². The summed E-state index contributed by atoms with van der Waals surface area (Å²) in [6.45, 7) is 1.33. The van der Waals surface area contributed by atoms with Gasteiger partial charge in [-0.05, 0) is 13.0 Å². The molecule has 2 aromatic carbocycles. The molecule has 0 fully saturated rings. The molecule has 0 aliphatic carbocycles. The zero-order valence-electron chi connectivity index (χ0n) is 13.3. The Labute approximate surface area is 153 Å². The van der Waals surface area contributed by atoms with Crippen LogP contribution in [0.5, 0.6) is 0 Å². The average Bonchev–Trinajstić information content (AvgIpc) is 3.03. The van der Waals surface area contributed by atoms with Crippen molar-refractivity contribution in [2.24, 2.45) is 0 Å². The maximum absolute atomic E-state index is 13.8. The molecule has 1 aromatic heterocycles. The summed E-state index contributed by atoms with van der Waals surface area (Å²) in [6, 6.07) is 6.23. The van der Waals surface area contributed by atoms with Crippen LogP contribution in [-0.4, -0.2) is 11.1 Å². The van der Waals surface area contributed by atoms with Crippen LogP contribution in [0.15, 0.2) is 28.8 Å². The number of hydrogen-bond acceptors (Lipinski definition) is 3. The van der Waals surface area contributed by atoms with Crippen LogP contribution in [0.3, 0.4) is 0 Å². The molecule has 3 rings (SSSR count). The van der Waals surface area contributed by atoms with Crippen LogP contribution in [0.4, 0.5) is 27.6 Å². The number of rotatable bonds is 3. The second kappa shape index (κ2) is 6.99. The van der Waals surface area contributed by atoms with Crippen molar-refractivity contribution in [3.05, 3.63) is 69.7 Å². The van der Waals surface area contributed by atoms with Crippen LogP contribution < -0.4 is 5.32 Å². The molecular weight excluding hydrogens is 395 g/mol. The van der Waals surface area contributed by atoms with E-state index in [-0.39, 0.29) is 27.6 Å². The molecule has 0 atom stereocenters. The molecular formula is C17H8ClF5N2O2. The van der Waals surface area contributed by atoms with E-state index < -0.39 is 40.7 Å². The molecule has 0 unspecified atom stereocenters. The molecule has 3 aromatic rings. The quantitative estimate of drug-likeness (QED) is 0.370. The van der Waals surface area contributed by atoms with Crippen molar-refractivity contribution in [3.8, 4) is 11.3 Å². The summed E-state index contributed by atoms with van der Waals surface area (Å²) in [5.41, 5.74) is -1.54. The van der Waals surface area contributed by atoms with Gasteiger partial charge in [0.15, 0.2) is 23.3 Å². The molecule has 1 N–H and O–H groups in total. The highest BCUT2D eigenvalue weighted by Gasteiger charge is 2.29. The second-order valence-electron chi connectivity index (χ2n) is 5.34. The summed E-state index contributed by atoms with van der Waals surface area (Å²) in [5.74, 6) is -12.3. The summed E-state index contributed by atoms with van der Waals surface area (Å²) >= 11 is 6.04. The van der Waals surface area contributed by atoms with E-state index in [1.165, 1.54) is 19.1 Å². The van der Waals surface area contributed by atoms with Gasteiger partial charge in [-0.2, -0.15) is 0 Å². The Hall–Kier alpha value is -2.94. The summed E-state index contributed by atoms with van der Waals surface area (Å²) < 4.78 is 72.3. The van der Waals surface area contributed by atoms with Crippen molar-refractivity contribution in [2.45, 2.75) is 6.92 Å². The fourth-order valence-corrected chi connectivity index (χ4v) is 2.59. The monoisotopic (exact) mass is 402 g/mol. The molecule has 1 heterocycles. The molecule has 0 saturated carbocycles. The molecule has 140 valence electrons. The standard InChI is InChI=1S/C17H8ClF5N2O2/c1-6-9(15(25-27-6)7-4-2-3-5-8(7)18)17(26)24-16-13(22)11(20)10(19)12(21)14(16)23/h2-5H,1H3,(H,24,26). The summed E-state index contributed by atoms with van der Waals surface area (Å²) in [4.78, 5) is 12.5. The number of carbonyl (C=O) groups is 1. The van der Waals surface area contributed by atoms with E-state index in [1.54, 1.807) is 17.4 Å². The lowest BCUT2D eigenvalue weighted by Crippen LogP contribution is -2.18. The van der Waals surface area contributed by atoms with E-state index in [0.29, 0.717) is 0 Å². The van der Waals surface area contributed by atoms with Crippen LogP contribution in [-0.2, 0) is 0 Å². The lowest BCUT2D eigenvalue weighted by atomic mass is 10.1. The molecule has 27 heavy (non-hydrogen) atoms. The van der Waals surface area contributed by atoms with Gasteiger partial charge in [0.2, 0.25) is 5.82 Å². The zero-order chi connectivity index (χ0) is 19.9. The van der Waals surface area contributed by atoms with Crippen LogP contribution in [0.25, 0.3) is 11.3 Å². The molecule has 0 aliphatic heterocycles. The fourth-order valence-electron chi connectivity index (χ4n) is 2.37. The lowest BCUT2D eigenvalue weighted by molar-refractivity contribution is 0.102. The number of halogens is 6. The average molecular weight is 403 g/mol. The molecule has 0 radical (unpaired) electrons. The number of nitrogens with zero attached hydrogens (tertiary/aromatic N) is 1. The normalized spacial score (nSPS) is 10.9. The van der Waals surface area contributed by atoms with Gasteiger partial charge in [0.1, 0.15) is 22.7 Å². The summed E-state index contributed by atoms with van der Waals surface area (Å²) in [6.07, 6.45) is 0. The number of benzene rings is 2. The maximum atomic E-state index is 13.8. The van der Waals surface area contributed by atoms with E-state index >= 15 is 0 Å². The summed E-state index contributed by atoms with van der Waals surface area (Å²) in [7, 11) is 0. The van der Waals surface area contributed by atoms with Crippen LogP contribution in [0.2, 0.25) is 5.02 Å². The third-order valence-electron chi connectivity index (χ3n) is 3.67. The lowest BCUT2D eigenvalue weighted by Gasteiger charge is -2.10. The minimum absolute atomic E-state index is 0.0497. The molecule has 0 aliphatic rings. The number of nitrogens with one attached hydrogen (secondary N) is 1. The van der Waals surface area contributed by atoms with E-state index in [1.807, 2.05) is 0 Å². The zero-order valence-corrected chi connectivity index (χ0v) is 14.1. The Bertz CT molecular complexity index is 1040. The topological polar surface area (TPSA) is 55.1 Å². The number of carbonyl (C=O) groups excluding carboxylic acids is 1. The smallest absolute Gasteiger partial charge is 0.261 e. The molecule has 0 bridgehead atoms. The summed E-state index contributed by atoms with van der Waals surface area (Å²) in [5, 5.41) is 5.57. The van der Waals surface area contributed by atoms with Gasteiger partial charge in [0, 0.05) is 5.56 Å². The molecule has 0 saturated heterocycles. The van der Waals surface area contributed by atoms with Crippen molar-refractivity contribution >= 4 is 23.2 Å². The van der Waals surface area contributed by atoms with Crippen molar-refractivity contribution in [1.82, 2.24) is 5.16 Å². The molecule has 1 amide bonds. The van der Waals surface area contributed by atoms with Crippen molar-refractivity contribution in [2.75, 3.05) is 5.32 Å². The number of aromatic nitrogens is 1. The van der Waals surface area contributed by atoms with Gasteiger partial charge in [-0.3, -0.25) is 4.79 Å². The van der Waals surface area contributed by atoms with Gasteiger partial charge in [0.25, 0.3) is 5.91 Å². The first-order valence-electron chi connectivity index (χ1n) is 7.28. The number of hydrogen-bond donors (Lipinski definition) is 1. The van der Waals surface area contributed by atoms with Crippen molar-refractivity contribution < 1.29 is 31.3 Å². The number of amides is 1. The highest BCUT2D eigenvalue weighted by atomic mass is 35.5. The van der Waals surface area contributed by atoms with E-state index in [4.69, 9.17) is 16.1 Å². The van der Waals surface area contributed by atoms with E-state index in [0.717, 1.165) is 0 Å². The van der Waals surface area contributed by atoms with Crippen LogP contribution >= 0.6 is 11.6 Å². The van der Waals surface area contributed by atoms with E-state index in [2.05, 4.69) is 5.16 Å². The molecule has 0 spiro atoms. The number of anilines is 1. The minimum Gasteiger partial charge on any atom is -0.360 e. The number of aryl methyl sites for hydroxylation is 1. The van der Waals surface area contributed by atoms with Crippen LogP contribution in [0.1, 0.15) is 16.1 Å². The first kappa shape index (κ1) is 18.8. The highest BCUT2D eigenvalue weighted by Crippen LogP contribution is 2.33. The molecule has 4 nitrogen and oxygen atoms in total. The van der Waals surface area contributed by atoms with Crippen molar-refractivity contribution in [3.63, 3.8) is 0 Å². The minimum atomic E-state index is -2.33. The highest BCUT2D eigenvalue weighted by molar-refractivity contribution is 6.33. The predicted molar refractivity (Wildman–Crippen MR) is 85.9 cm³/mol. The Morgan fingerprint density at radius 3 is 2.15 bits per heavy atom. The fraction of sp³-hybridized carbons (Fsp3) is 0.0588. The Kier molecular flexibility index (Phi) is 4.88. The third kappa shape index (κ3) is 3.14.